The number of aliphatic hydroxyl groups is 1. The Morgan fingerprint density at radius 3 is 2.09 bits per heavy atom. The van der Waals surface area contributed by atoms with Crippen LogP contribution < -0.4 is 0 Å². The summed E-state index contributed by atoms with van der Waals surface area (Å²) in [5, 5.41) is 9.36. The molecule has 1 heteroatoms. The Hall–Kier alpha value is -0.820. The first-order valence-electron chi connectivity index (χ1n) is 4.14. The van der Waals surface area contributed by atoms with Gasteiger partial charge in [0.15, 0.2) is 0 Å². The van der Waals surface area contributed by atoms with Crippen LogP contribution in [0.25, 0.3) is 0 Å². The number of aliphatic hydroxyl groups excluding tert-OH is 1. The summed E-state index contributed by atoms with van der Waals surface area (Å²) in [7, 11) is 0. The van der Waals surface area contributed by atoms with Crippen molar-refractivity contribution in [3.63, 3.8) is 0 Å². The van der Waals surface area contributed by atoms with Crippen LogP contribution in [0.4, 0.5) is 0 Å². The summed E-state index contributed by atoms with van der Waals surface area (Å²) in [5.74, 6) is 0. The van der Waals surface area contributed by atoms with Crippen molar-refractivity contribution in [3.8, 4) is 0 Å². The lowest BCUT2D eigenvalue weighted by atomic mass is 10.1. The summed E-state index contributed by atoms with van der Waals surface area (Å²) in [6, 6.07) is 4.53. The Morgan fingerprint density at radius 1 is 1.00 bits per heavy atom. The molecule has 11 heavy (non-hydrogen) atoms. The molecule has 0 radical (unpaired) electrons. The third-order valence-electron chi connectivity index (χ3n) is 2.69. The molecule has 0 fully saturated rings. The summed E-state index contributed by atoms with van der Waals surface area (Å²) < 4.78 is 0. The van der Waals surface area contributed by atoms with Gasteiger partial charge in [0.25, 0.3) is 0 Å². The van der Waals surface area contributed by atoms with Crippen LogP contribution in [0.5, 0.6) is 0 Å². The molecule has 0 unspecified atom stereocenters. The molecular weight excluding hydrogens is 136 g/mol. The van der Waals surface area contributed by atoms with Crippen molar-refractivity contribution >= 4 is 0 Å². The van der Waals surface area contributed by atoms with Crippen molar-refractivity contribution < 1.29 is 5.11 Å². The lowest BCUT2D eigenvalue weighted by Gasteiger charge is -1.93. The second-order valence-electron chi connectivity index (χ2n) is 3.63. The molecule has 0 aromatic heterocycles. The first-order valence-corrected chi connectivity index (χ1v) is 4.14. The second kappa shape index (κ2) is 1.67. The van der Waals surface area contributed by atoms with Gasteiger partial charge >= 0.3 is 0 Å². The molecule has 3 rings (SSSR count). The lowest BCUT2D eigenvalue weighted by Crippen LogP contribution is -2.03. The molecule has 2 aliphatic carbocycles. The molecule has 0 saturated heterocycles. The molecule has 0 heterocycles. The topological polar surface area (TPSA) is 20.2 Å². The van der Waals surface area contributed by atoms with E-state index in [-0.39, 0.29) is 6.10 Å². The molecule has 0 spiro atoms. The van der Waals surface area contributed by atoms with Crippen LogP contribution in [0, 0.1) is 0 Å². The summed E-state index contributed by atoms with van der Waals surface area (Å²) >= 11 is 0. The lowest BCUT2D eigenvalue weighted by molar-refractivity contribution is 0.187. The van der Waals surface area contributed by atoms with E-state index in [2.05, 4.69) is 12.1 Å². The zero-order valence-electron chi connectivity index (χ0n) is 6.30. The first kappa shape index (κ1) is 5.78. The Kier molecular flexibility index (Phi) is 0.878. The minimum absolute atomic E-state index is 0.105. The number of hydrogen-bond donors (Lipinski definition) is 1. The van der Waals surface area contributed by atoms with Crippen molar-refractivity contribution in [3.05, 3.63) is 34.4 Å². The van der Waals surface area contributed by atoms with E-state index in [4.69, 9.17) is 0 Å². The molecular formula is C10H10O. The number of rotatable bonds is 0. The van der Waals surface area contributed by atoms with E-state index >= 15 is 0 Å². The van der Waals surface area contributed by atoms with Gasteiger partial charge in [0.2, 0.25) is 0 Å². The summed E-state index contributed by atoms with van der Waals surface area (Å²) in [6.07, 6.45) is 2.85. The number of benzene rings is 1. The van der Waals surface area contributed by atoms with E-state index in [0.717, 1.165) is 12.8 Å². The van der Waals surface area contributed by atoms with Crippen molar-refractivity contribution in [2.75, 3.05) is 0 Å². The van der Waals surface area contributed by atoms with E-state index in [0.29, 0.717) is 0 Å². The highest BCUT2D eigenvalue weighted by Crippen LogP contribution is 2.34. The average Bonchev–Trinajstić information content (AvgIpc) is 2.57. The van der Waals surface area contributed by atoms with E-state index in [1.54, 1.807) is 0 Å². The molecule has 0 saturated carbocycles. The van der Waals surface area contributed by atoms with Crippen molar-refractivity contribution in [1.82, 2.24) is 0 Å². The molecule has 1 aromatic rings. The zero-order valence-corrected chi connectivity index (χ0v) is 6.30. The maximum absolute atomic E-state index is 9.36. The molecule has 0 amide bonds. The average molecular weight is 146 g/mol. The zero-order chi connectivity index (χ0) is 7.42. The fraction of sp³-hybridized carbons (Fsp3) is 0.400. The van der Waals surface area contributed by atoms with Gasteiger partial charge in [-0.3, -0.25) is 0 Å². The van der Waals surface area contributed by atoms with Gasteiger partial charge in [0, 0.05) is 0 Å². The van der Waals surface area contributed by atoms with E-state index < -0.39 is 0 Å². The fourth-order valence-electron chi connectivity index (χ4n) is 2.01. The second-order valence-corrected chi connectivity index (χ2v) is 3.63. The first-order chi connectivity index (χ1) is 5.33. The van der Waals surface area contributed by atoms with Gasteiger partial charge in [-0.15, -0.1) is 0 Å². The molecule has 56 valence electrons. The van der Waals surface area contributed by atoms with Gasteiger partial charge in [-0.1, -0.05) is 12.1 Å². The van der Waals surface area contributed by atoms with Crippen molar-refractivity contribution in [2.24, 2.45) is 0 Å². The number of hydrogen-bond acceptors (Lipinski definition) is 1. The van der Waals surface area contributed by atoms with Gasteiger partial charge in [0.05, 0.1) is 6.10 Å². The van der Waals surface area contributed by atoms with Gasteiger partial charge in [-0.25, -0.2) is 0 Å². The maximum Gasteiger partial charge on any atom is 0.0621 e. The maximum atomic E-state index is 9.36. The van der Waals surface area contributed by atoms with Crippen LogP contribution in [-0.2, 0) is 19.3 Å². The quantitative estimate of drug-likeness (QED) is 0.589. The van der Waals surface area contributed by atoms with Crippen LogP contribution >= 0.6 is 0 Å². The third kappa shape index (κ3) is 0.746. The van der Waals surface area contributed by atoms with E-state index in [1.807, 2.05) is 0 Å². The Bertz CT molecular complexity index is 297. The molecule has 1 nitrogen and oxygen atoms in total. The van der Waals surface area contributed by atoms with Crippen molar-refractivity contribution in [1.29, 1.82) is 0 Å². The molecule has 0 aliphatic heterocycles. The minimum Gasteiger partial charge on any atom is -0.392 e. The van der Waals surface area contributed by atoms with Crippen LogP contribution in [0.1, 0.15) is 22.3 Å². The third-order valence-corrected chi connectivity index (χ3v) is 2.69. The highest BCUT2D eigenvalue weighted by molar-refractivity contribution is 5.52. The predicted octanol–water partition coefficient (Wildman–Crippen LogP) is 1.05. The van der Waals surface area contributed by atoms with Crippen LogP contribution in [0.15, 0.2) is 12.1 Å². The summed E-state index contributed by atoms with van der Waals surface area (Å²) in [5.41, 5.74) is 5.76. The number of fused-ring (bicyclic) bond motifs is 2. The summed E-state index contributed by atoms with van der Waals surface area (Å²) in [6.45, 7) is 0. The van der Waals surface area contributed by atoms with E-state index in [9.17, 15) is 5.11 Å². The van der Waals surface area contributed by atoms with Crippen molar-refractivity contribution in [2.45, 2.75) is 25.4 Å². The van der Waals surface area contributed by atoms with Gasteiger partial charge in [-0.2, -0.15) is 0 Å². The van der Waals surface area contributed by atoms with Gasteiger partial charge in [-0.05, 0) is 41.5 Å². The van der Waals surface area contributed by atoms with Crippen LogP contribution in [-0.4, -0.2) is 11.2 Å². The van der Waals surface area contributed by atoms with Gasteiger partial charge < -0.3 is 5.11 Å². The SMILES string of the molecule is OC1Cc2cc3c(cc2C1)C3. The largest absolute Gasteiger partial charge is 0.392 e. The Labute approximate surface area is 65.7 Å². The standard InChI is InChI=1S/C10H10O/c11-10-4-8-2-6-1-7(6)3-9(8)5-10/h2-3,10-11H,1,4-5H2. The highest BCUT2D eigenvalue weighted by atomic mass is 16.3. The van der Waals surface area contributed by atoms with Crippen LogP contribution in [0.3, 0.4) is 0 Å². The fourth-order valence-corrected chi connectivity index (χ4v) is 2.01. The monoisotopic (exact) mass is 146 g/mol. The molecule has 1 aromatic carbocycles. The highest BCUT2D eigenvalue weighted by Gasteiger charge is 2.25. The predicted molar refractivity (Wildman–Crippen MR) is 42.7 cm³/mol. The van der Waals surface area contributed by atoms with Gasteiger partial charge in [0.1, 0.15) is 0 Å². The molecule has 0 bridgehead atoms. The smallest absolute Gasteiger partial charge is 0.0621 e. The normalized spacial score (nSPS) is 19.7. The molecule has 1 N–H and O–H groups in total. The summed E-state index contributed by atoms with van der Waals surface area (Å²) in [4.78, 5) is 0. The van der Waals surface area contributed by atoms with E-state index in [1.165, 1.54) is 28.7 Å². The molecule has 2 aliphatic rings. The van der Waals surface area contributed by atoms with Crippen LogP contribution in [0.2, 0.25) is 0 Å². The Balaban J connectivity index is 2.15. The Morgan fingerprint density at radius 2 is 1.55 bits per heavy atom. The molecule has 0 atom stereocenters. The minimum atomic E-state index is -0.105.